The second-order valence-corrected chi connectivity index (χ2v) is 7.84. The Morgan fingerprint density at radius 2 is 1.85 bits per heavy atom. The third-order valence-electron chi connectivity index (χ3n) is 3.49. The molecule has 136 valence electrons. The fourth-order valence-corrected chi connectivity index (χ4v) is 3.53. The molecule has 3 rings (SSSR count). The van der Waals surface area contributed by atoms with Crippen LogP contribution in [0.5, 0.6) is 0 Å². The molecule has 0 amide bonds. The predicted molar refractivity (Wildman–Crippen MR) is 110 cm³/mol. The van der Waals surface area contributed by atoms with Gasteiger partial charge in [-0.3, -0.25) is 15.1 Å². The molecular formula is C19H11BrClFN2O2S. The second kappa shape index (κ2) is 8.65. The van der Waals surface area contributed by atoms with Crippen LogP contribution in [0, 0.1) is 15.9 Å². The van der Waals surface area contributed by atoms with Gasteiger partial charge in [-0.25, -0.2) is 4.39 Å². The molecule has 0 aromatic heterocycles. The maximum absolute atomic E-state index is 13.2. The Bertz CT molecular complexity index is 1030. The van der Waals surface area contributed by atoms with Gasteiger partial charge >= 0.3 is 0 Å². The highest BCUT2D eigenvalue weighted by molar-refractivity contribution is 9.10. The lowest BCUT2D eigenvalue weighted by Crippen LogP contribution is -1.93. The van der Waals surface area contributed by atoms with E-state index in [1.807, 2.05) is 24.3 Å². The highest BCUT2D eigenvalue weighted by Gasteiger charge is 2.15. The molecule has 0 radical (unpaired) electrons. The third-order valence-corrected chi connectivity index (χ3v) is 5.38. The van der Waals surface area contributed by atoms with Crippen LogP contribution in [0.2, 0.25) is 5.02 Å². The van der Waals surface area contributed by atoms with Crippen LogP contribution in [-0.2, 0) is 0 Å². The molecule has 27 heavy (non-hydrogen) atoms. The molecule has 0 heterocycles. The summed E-state index contributed by atoms with van der Waals surface area (Å²) in [4.78, 5) is 16.6. The second-order valence-electron chi connectivity index (χ2n) is 5.40. The van der Waals surface area contributed by atoms with Gasteiger partial charge < -0.3 is 0 Å². The van der Waals surface area contributed by atoms with Crippen LogP contribution in [0.3, 0.4) is 0 Å². The molecule has 0 aliphatic rings. The van der Waals surface area contributed by atoms with Gasteiger partial charge in [-0.15, -0.1) is 0 Å². The van der Waals surface area contributed by atoms with Crippen LogP contribution in [0.25, 0.3) is 0 Å². The van der Waals surface area contributed by atoms with E-state index in [4.69, 9.17) is 11.6 Å². The van der Waals surface area contributed by atoms with Gasteiger partial charge in [-0.1, -0.05) is 45.4 Å². The average Bonchev–Trinajstić information content (AvgIpc) is 2.65. The molecule has 4 nitrogen and oxygen atoms in total. The van der Waals surface area contributed by atoms with Gasteiger partial charge in [0.1, 0.15) is 5.82 Å². The van der Waals surface area contributed by atoms with Gasteiger partial charge in [0.25, 0.3) is 5.69 Å². The lowest BCUT2D eigenvalue weighted by Gasteiger charge is -2.04. The highest BCUT2D eigenvalue weighted by atomic mass is 79.9. The van der Waals surface area contributed by atoms with E-state index in [0.717, 1.165) is 9.37 Å². The number of nitrogens with zero attached hydrogens (tertiary/aromatic N) is 2. The Labute approximate surface area is 172 Å². The van der Waals surface area contributed by atoms with Crippen LogP contribution < -0.4 is 0 Å². The molecule has 0 fully saturated rings. The van der Waals surface area contributed by atoms with Crippen LogP contribution >= 0.6 is 39.3 Å². The number of halogens is 3. The monoisotopic (exact) mass is 464 g/mol. The number of benzene rings is 3. The normalized spacial score (nSPS) is 11.1. The van der Waals surface area contributed by atoms with Gasteiger partial charge in [0, 0.05) is 21.6 Å². The molecule has 0 aliphatic carbocycles. The molecule has 3 aromatic carbocycles. The zero-order valence-corrected chi connectivity index (χ0v) is 16.8. The largest absolute Gasteiger partial charge is 0.283 e. The first-order chi connectivity index (χ1) is 12.9. The SMILES string of the molecule is O=[N+]([O-])c1cc(/C=N/c2ccc(F)c(Cl)c2)ccc1Sc1ccc(Br)cc1. The summed E-state index contributed by atoms with van der Waals surface area (Å²) in [6, 6.07) is 16.5. The van der Waals surface area contributed by atoms with Crippen molar-refractivity contribution in [1.82, 2.24) is 0 Å². The maximum Gasteiger partial charge on any atom is 0.283 e. The van der Waals surface area contributed by atoms with Gasteiger partial charge in [-0.05, 0) is 54.1 Å². The van der Waals surface area contributed by atoms with Crippen molar-refractivity contribution in [3.8, 4) is 0 Å². The number of rotatable bonds is 5. The number of aliphatic imine (C=N–C) groups is 1. The van der Waals surface area contributed by atoms with Crippen LogP contribution in [-0.4, -0.2) is 11.1 Å². The molecule has 0 spiro atoms. The van der Waals surface area contributed by atoms with Crippen molar-refractivity contribution < 1.29 is 9.31 Å². The van der Waals surface area contributed by atoms with E-state index in [-0.39, 0.29) is 10.7 Å². The number of hydrogen-bond donors (Lipinski definition) is 0. The van der Waals surface area contributed by atoms with E-state index >= 15 is 0 Å². The number of nitro groups is 1. The first-order valence-corrected chi connectivity index (χ1v) is 9.62. The fourth-order valence-electron chi connectivity index (χ4n) is 2.19. The summed E-state index contributed by atoms with van der Waals surface area (Å²) in [5, 5.41) is 11.4. The van der Waals surface area contributed by atoms with Crippen molar-refractivity contribution in [1.29, 1.82) is 0 Å². The molecule has 8 heteroatoms. The summed E-state index contributed by atoms with van der Waals surface area (Å²) in [6.07, 6.45) is 1.48. The number of nitro benzene ring substituents is 1. The van der Waals surface area contributed by atoms with E-state index in [1.54, 1.807) is 12.1 Å². The van der Waals surface area contributed by atoms with Crippen molar-refractivity contribution in [3.63, 3.8) is 0 Å². The Morgan fingerprint density at radius 3 is 2.52 bits per heavy atom. The fraction of sp³-hybridized carbons (Fsp3) is 0. The first kappa shape index (κ1) is 19.5. The van der Waals surface area contributed by atoms with Crippen molar-refractivity contribution in [3.05, 3.63) is 91.7 Å². The van der Waals surface area contributed by atoms with Crippen molar-refractivity contribution >= 4 is 56.9 Å². The minimum absolute atomic E-state index is 0.0102. The molecule has 0 saturated heterocycles. The van der Waals surface area contributed by atoms with E-state index in [2.05, 4.69) is 20.9 Å². The van der Waals surface area contributed by atoms with Gasteiger partial charge in [0.15, 0.2) is 0 Å². The van der Waals surface area contributed by atoms with Gasteiger partial charge in [-0.2, -0.15) is 0 Å². The smallest absolute Gasteiger partial charge is 0.258 e. The third kappa shape index (κ3) is 5.15. The minimum Gasteiger partial charge on any atom is -0.258 e. The molecule has 0 aliphatic heterocycles. The number of hydrogen-bond acceptors (Lipinski definition) is 4. The highest BCUT2D eigenvalue weighted by Crippen LogP contribution is 2.35. The first-order valence-electron chi connectivity index (χ1n) is 7.63. The summed E-state index contributed by atoms with van der Waals surface area (Å²) in [6.45, 7) is 0. The van der Waals surface area contributed by atoms with Crippen molar-refractivity contribution in [2.24, 2.45) is 4.99 Å². The van der Waals surface area contributed by atoms with E-state index in [9.17, 15) is 14.5 Å². The van der Waals surface area contributed by atoms with Crippen molar-refractivity contribution in [2.75, 3.05) is 0 Å². The van der Waals surface area contributed by atoms with Gasteiger partial charge in [0.2, 0.25) is 0 Å². The Kier molecular flexibility index (Phi) is 6.26. The molecule has 0 atom stereocenters. The van der Waals surface area contributed by atoms with Crippen LogP contribution in [0.1, 0.15) is 5.56 Å². The summed E-state index contributed by atoms with van der Waals surface area (Å²) in [7, 11) is 0. The van der Waals surface area contributed by atoms with E-state index in [1.165, 1.54) is 42.2 Å². The molecule has 0 bridgehead atoms. The lowest BCUT2D eigenvalue weighted by atomic mass is 10.2. The molecule has 0 unspecified atom stereocenters. The topological polar surface area (TPSA) is 55.5 Å². The molecule has 3 aromatic rings. The minimum atomic E-state index is -0.527. The molecular weight excluding hydrogens is 455 g/mol. The quantitative estimate of drug-likeness (QED) is 0.230. The predicted octanol–water partition coefficient (Wildman–Crippen LogP) is 7.05. The van der Waals surface area contributed by atoms with E-state index in [0.29, 0.717) is 16.1 Å². The summed E-state index contributed by atoms with van der Waals surface area (Å²) in [5.41, 5.74) is 1.00. The standard InChI is InChI=1S/C19H11BrClFN2O2S/c20-13-2-5-15(6-3-13)27-19-8-1-12(9-18(19)24(25)26)11-23-14-4-7-17(22)16(21)10-14/h1-11H/b23-11+. The molecule has 0 N–H and O–H groups in total. The summed E-state index contributed by atoms with van der Waals surface area (Å²) >= 11 is 10.4. The van der Waals surface area contributed by atoms with Crippen LogP contribution in [0.15, 0.2) is 79.9 Å². The lowest BCUT2D eigenvalue weighted by molar-refractivity contribution is -0.387. The zero-order valence-electron chi connectivity index (χ0n) is 13.6. The Hall–Kier alpha value is -2.22. The van der Waals surface area contributed by atoms with Crippen molar-refractivity contribution in [2.45, 2.75) is 9.79 Å². The summed E-state index contributed by atoms with van der Waals surface area (Å²) < 4.78 is 14.1. The van der Waals surface area contributed by atoms with Crippen LogP contribution in [0.4, 0.5) is 15.8 Å². The Balaban J connectivity index is 1.86. The Morgan fingerprint density at radius 1 is 1.11 bits per heavy atom. The average molecular weight is 466 g/mol. The molecule has 0 saturated carbocycles. The summed E-state index contributed by atoms with van der Waals surface area (Å²) in [5.74, 6) is -0.527. The maximum atomic E-state index is 13.2. The zero-order chi connectivity index (χ0) is 19.4. The van der Waals surface area contributed by atoms with E-state index < -0.39 is 10.7 Å². The van der Waals surface area contributed by atoms with Gasteiger partial charge in [0.05, 0.1) is 20.5 Å².